The number of hydrogen-bond donors (Lipinski definition) is 2. The first-order valence-corrected chi connectivity index (χ1v) is 9.76. The highest BCUT2D eigenvalue weighted by Gasteiger charge is 2.06. The lowest BCUT2D eigenvalue weighted by atomic mass is 10.1. The second-order valence-corrected chi connectivity index (χ2v) is 6.78. The third-order valence-corrected chi connectivity index (χ3v) is 4.49. The molecule has 0 amide bonds. The zero-order valence-corrected chi connectivity index (χ0v) is 16.2. The van der Waals surface area contributed by atoms with Gasteiger partial charge in [0, 0.05) is 37.9 Å². The van der Waals surface area contributed by atoms with Crippen LogP contribution in [0, 0.1) is 0 Å². The summed E-state index contributed by atoms with van der Waals surface area (Å²) in [6.07, 6.45) is 7.07. The van der Waals surface area contributed by atoms with E-state index in [1.54, 1.807) is 0 Å². The molecule has 0 bridgehead atoms. The van der Waals surface area contributed by atoms with E-state index in [0.717, 1.165) is 43.1 Å². The van der Waals surface area contributed by atoms with Crippen molar-refractivity contribution < 1.29 is 0 Å². The molecule has 5 heteroatoms. The van der Waals surface area contributed by atoms with Crippen LogP contribution in [0.4, 0.5) is 0 Å². The zero-order valence-electron chi connectivity index (χ0n) is 16.2. The molecule has 3 rings (SSSR count). The molecule has 2 N–H and O–H groups in total. The van der Waals surface area contributed by atoms with Gasteiger partial charge in [-0.05, 0) is 44.4 Å². The molecule has 0 saturated heterocycles. The number of aryl methyl sites for hydroxylation is 1. The standard InChI is InChI=1S/C22H29N5/c1-3-23-22(25-18(2)12-13-19-9-5-4-6-10-19)24-15-14-20-17-27-16-8-7-11-21(27)26-20/h4-11,16-18H,3,12-15H2,1-2H3,(H2,23,24,25). The Balaban J connectivity index is 1.50. The third kappa shape index (κ3) is 5.84. The number of imidazole rings is 1. The molecule has 0 fully saturated rings. The maximum atomic E-state index is 4.72. The van der Waals surface area contributed by atoms with Crippen molar-refractivity contribution in [3.8, 4) is 0 Å². The predicted octanol–water partition coefficient (Wildman–Crippen LogP) is 3.45. The molecule has 142 valence electrons. The topological polar surface area (TPSA) is 53.7 Å². The van der Waals surface area contributed by atoms with E-state index in [1.807, 2.05) is 28.8 Å². The highest BCUT2D eigenvalue weighted by molar-refractivity contribution is 5.80. The SMILES string of the molecule is CCNC(=NCCc1cn2ccccc2n1)NC(C)CCc1ccccc1. The highest BCUT2D eigenvalue weighted by atomic mass is 15.2. The second kappa shape index (κ2) is 9.76. The van der Waals surface area contributed by atoms with E-state index in [0.29, 0.717) is 12.6 Å². The van der Waals surface area contributed by atoms with Gasteiger partial charge >= 0.3 is 0 Å². The van der Waals surface area contributed by atoms with E-state index < -0.39 is 0 Å². The minimum absolute atomic E-state index is 0.359. The number of aromatic nitrogens is 2. The van der Waals surface area contributed by atoms with Gasteiger partial charge in [0.25, 0.3) is 0 Å². The van der Waals surface area contributed by atoms with Crippen molar-refractivity contribution in [2.24, 2.45) is 4.99 Å². The molecule has 1 atom stereocenters. The smallest absolute Gasteiger partial charge is 0.191 e. The fraction of sp³-hybridized carbons (Fsp3) is 0.364. The monoisotopic (exact) mass is 363 g/mol. The van der Waals surface area contributed by atoms with Crippen LogP contribution in [0.15, 0.2) is 65.9 Å². The lowest BCUT2D eigenvalue weighted by Gasteiger charge is -2.17. The van der Waals surface area contributed by atoms with E-state index in [1.165, 1.54) is 5.56 Å². The summed E-state index contributed by atoms with van der Waals surface area (Å²) in [6.45, 7) is 5.86. The number of rotatable bonds is 8. The minimum Gasteiger partial charge on any atom is -0.357 e. The Morgan fingerprint density at radius 1 is 1.11 bits per heavy atom. The second-order valence-electron chi connectivity index (χ2n) is 6.78. The maximum Gasteiger partial charge on any atom is 0.191 e. The number of nitrogens with one attached hydrogen (secondary N) is 2. The molecule has 27 heavy (non-hydrogen) atoms. The van der Waals surface area contributed by atoms with Crippen LogP contribution in [0.3, 0.4) is 0 Å². The molecule has 0 radical (unpaired) electrons. The Morgan fingerprint density at radius 3 is 2.70 bits per heavy atom. The normalized spacial score (nSPS) is 12.9. The summed E-state index contributed by atoms with van der Waals surface area (Å²) in [7, 11) is 0. The van der Waals surface area contributed by atoms with Gasteiger partial charge in [0.1, 0.15) is 5.65 Å². The maximum absolute atomic E-state index is 4.72. The predicted molar refractivity (Wildman–Crippen MR) is 112 cm³/mol. The van der Waals surface area contributed by atoms with Gasteiger partial charge in [0.15, 0.2) is 5.96 Å². The largest absolute Gasteiger partial charge is 0.357 e. The van der Waals surface area contributed by atoms with E-state index in [2.05, 4.69) is 66.0 Å². The minimum atomic E-state index is 0.359. The van der Waals surface area contributed by atoms with Gasteiger partial charge in [-0.3, -0.25) is 4.99 Å². The lowest BCUT2D eigenvalue weighted by Crippen LogP contribution is -2.42. The third-order valence-electron chi connectivity index (χ3n) is 4.49. The molecule has 5 nitrogen and oxygen atoms in total. The summed E-state index contributed by atoms with van der Waals surface area (Å²) >= 11 is 0. The van der Waals surface area contributed by atoms with Crippen molar-refractivity contribution in [1.29, 1.82) is 0 Å². The molecule has 1 unspecified atom stereocenters. The first kappa shape index (κ1) is 19.0. The van der Waals surface area contributed by atoms with Gasteiger partial charge in [-0.25, -0.2) is 4.98 Å². The number of benzene rings is 1. The van der Waals surface area contributed by atoms with Crippen LogP contribution >= 0.6 is 0 Å². The molecule has 0 saturated carbocycles. The number of aliphatic imine (C=N–C) groups is 1. The van der Waals surface area contributed by atoms with Crippen LogP contribution in [-0.4, -0.2) is 34.5 Å². The van der Waals surface area contributed by atoms with Crippen LogP contribution in [-0.2, 0) is 12.8 Å². The van der Waals surface area contributed by atoms with Crippen LogP contribution in [0.25, 0.3) is 5.65 Å². The Morgan fingerprint density at radius 2 is 1.93 bits per heavy atom. The van der Waals surface area contributed by atoms with E-state index in [-0.39, 0.29) is 0 Å². The number of nitrogens with zero attached hydrogens (tertiary/aromatic N) is 3. The van der Waals surface area contributed by atoms with Crippen molar-refractivity contribution >= 4 is 11.6 Å². The summed E-state index contributed by atoms with van der Waals surface area (Å²) in [5, 5.41) is 6.85. The molecular weight excluding hydrogens is 334 g/mol. The average molecular weight is 364 g/mol. The Labute approximate surface area is 161 Å². The van der Waals surface area contributed by atoms with Crippen LogP contribution < -0.4 is 10.6 Å². The van der Waals surface area contributed by atoms with Gasteiger partial charge in [-0.1, -0.05) is 36.4 Å². The lowest BCUT2D eigenvalue weighted by molar-refractivity contribution is 0.593. The highest BCUT2D eigenvalue weighted by Crippen LogP contribution is 2.06. The summed E-state index contributed by atoms with van der Waals surface area (Å²) in [5.41, 5.74) is 3.42. The molecular formula is C22H29N5. The van der Waals surface area contributed by atoms with E-state index in [4.69, 9.17) is 4.99 Å². The Kier molecular flexibility index (Phi) is 6.85. The Bertz CT molecular complexity index is 820. The fourth-order valence-electron chi connectivity index (χ4n) is 3.04. The Hall–Kier alpha value is -2.82. The van der Waals surface area contributed by atoms with Crippen molar-refractivity contribution in [2.45, 2.75) is 39.2 Å². The fourth-order valence-corrected chi connectivity index (χ4v) is 3.04. The van der Waals surface area contributed by atoms with E-state index in [9.17, 15) is 0 Å². The molecule has 3 aromatic rings. The van der Waals surface area contributed by atoms with Crippen molar-refractivity contribution in [2.75, 3.05) is 13.1 Å². The van der Waals surface area contributed by atoms with Gasteiger partial charge in [-0.2, -0.15) is 0 Å². The summed E-state index contributed by atoms with van der Waals surface area (Å²) in [5.74, 6) is 0.877. The molecule has 2 heterocycles. The first-order chi connectivity index (χ1) is 13.2. The number of hydrogen-bond acceptors (Lipinski definition) is 2. The van der Waals surface area contributed by atoms with Crippen molar-refractivity contribution in [3.63, 3.8) is 0 Å². The number of guanidine groups is 1. The van der Waals surface area contributed by atoms with Crippen molar-refractivity contribution in [3.05, 3.63) is 72.2 Å². The van der Waals surface area contributed by atoms with Gasteiger partial charge in [0.05, 0.1) is 5.69 Å². The summed E-state index contributed by atoms with van der Waals surface area (Å²) < 4.78 is 2.05. The molecule has 0 aliphatic carbocycles. The molecule has 0 spiro atoms. The molecule has 2 aromatic heterocycles. The summed E-state index contributed by atoms with van der Waals surface area (Å²) in [4.78, 5) is 9.35. The van der Waals surface area contributed by atoms with Crippen LogP contribution in [0.1, 0.15) is 31.5 Å². The quantitative estimate of drug-likeness (QED) is 0.476. The number of pyridine rings is 1. The van der Waals surface area contributed by atoms with Gasteiger partial charge < -0.3 is 15.0 Å². The first-order valence-electron chi connectivity index (χ1n) is 9.76. The van der Waals surface area contributed by atoms with Gasteiger partial charge in [-0.15, -0.1) is 0 Å². The van der Waals surface area contributed by atoms with E-state index >= 15 is 0 Å². The van der Waals surface area contributed by atoms with Crippen molar-refractivity contribution in [1.82, 2.24) is 20.0 Å². The average Bonchev–Trinajstić information content (AvgIpc) is 3.10. The van der Waals surface area contributed by atoms with Crippen LogP contribution in [0.2, 0.25) is 0 Å². The molecule has 1 aromatic carbocycles. The zero-order chi connectivity index (χ0) is 18.9. The molecule has 0 aliphatic rings. The van der Waals surface area contributed by atoms with Gasteiger partial charge in [0.2, 0.25) is 0 Å². The summed E-state index contributed by atoms with van der Waals surface area (Å²) in [6, 6.07) is 17.0. The molecule has 0 aliphatic heterocycles. The van der Waals surface area contributed by atoms with Crippen LogP contribution in [0.5, 0.6) is 0 Å². The number of fused-ring (bicyclic) bond motifs is 1.